The van der Waals surface area contributed by atoms with E-state index >= 15 is 0 Å². The SMILES string of the molecule is CCC(NCc1ccc(Br)cc1)c1ccco1. The molecule has 1 aromatic heterocycles. The van der Waals surface area contributed by atoms with Crippen LogP contribution in [0, 0.1) is 0 Å². The van der Waals surface area contributed by atoms with E-state index < -0.39 is 0 Å². The highest BCUT2D eigenvalue weighted by Crippen LogP contribution is 2.18. The topological polar surface area (TPSA) is 25.2 Å². The van der Waals surface area contributed by atoms with Crippen molar-refractivity contribution in [2.75, 3.05) is 0 Å². The van der Waals surface area contributed by atoms with Crippen LogP contribution in [-0.4, -0.2) is 0 Å². The van der Waals surface area contributed by atoms with Crippen LogP contribution in [0.4, 0.5) is 0 Å². The summed E-state index contributed by atoms with van der Waals surface area (Å²) < 4.78 is 6.53. The minimum absolute atomic E-state index is 0.286. The molecule has 0 saturated carbocycles. The third-order valence-corrected chi connectivity index (χ3v) is 3.29. The minimum Gasteiger partial charge on any atom is -0.468 e. The van der Waals surface area contributed by atoms with Gasteiger partial charge >= 0.3 is 0 Å². The van der Waals surface area contributed by atoms with Gasteiger partial charge in [-0.25, -0.2) is 0 Å². The van der Waals surface area contributed by atoms with Gasteiger partial charge in [0.15, 0.2) is 0 Å². The summed E-state index contributed by atoms with van der Waals surface area (Å²) in [7, 11) is 0. The van der Waals surface area contributed by atoms with Gasteiger partial charge in [0.1, 0.15) is 5.76 Å². The van der Waals surface area contributed by atoms with E-state index in [0.29, 0.717) is 0 Å². The van der Waals surface area contributed by atoms with Crippen molar-refractivity contribution in [3.05, 3.63) is 58.5 Å². The molecule has 2 aromatic rings. The smallest absolute Gasteiger partial charge is 0.120 e. The first-order valence-corrected chi connectivity index (χ1v) is 6.60. The van der Waals surface area contributed by atoms with Crippen LogP contribution in [0.25, 0.3) is 0 Å². The van der Waals surface area contributed by atoms with Crippen molar-refractivity contribution >= 4 is 15.9 Å². The monoisotopic (exact) mass is 293 g/mol. The first kappa shape index (κ1) is 12.4. The van der Waals surface area contributed by atoms with Gasteiger partial charge in [-0.2, -0.15) is 0 Å². The molecule has 1 aromatic carbocycles. The maximum Gasteiger partial charge on any atom is 0.120 e. The van der Waals surface area contributed by atoms with E-state index in [4.69, 9.17) is 4.42 Å². The van der Waals surface area contributed by atoms with Gasteiger partial charge in [0.25, 0.3) is 0 Å². The van der Waals surface area contributed by atoms with Crippen LogP contribution in [0.2, 0.25) is 0 Å². The summed E-state index contributed by atoms with van der Waals surface area (Å²) >= 11 is 3.44. The Morgan fingerprint density at radius 2 is 2.00 bits per heavy atom. The van der Waals surface area contributed by atoms with Crippen LogP contribution < -0.4 is 5.32 Å². The molecule has 2 nitrogen and oxygen atoms in total. The zero-order valence-corrected chi connectivity index (χ0v) is 11.4. The summed E-state index contributed by atoms with van der Waals surface area (Å²) in [6.07, 6.45) is 2.74. The summed E-state index contributed by atoms with van der Waals surface area (Å²) in [5, 5.41) is 3.50. The highest BCUT2D eigenvalue weighted by Gasteiger charge is 2.10. The molecule has 1 N–H and O–H groups in total. The Bertz CT molecular complexity index is 436. The Kier molecular flexibility index (Phi) is 4.40. The number of hydrogen-bond acceptors (Lipinski definition) is 2. The lowest BCUT2D eigenvalue weighted by Crippen LogP contribution is -2.19. The van der Waals surface area contributed by atoms with Gasteiger partial charge in [-0.1, -0.05) is 35.0 Å². The van der Waals surface area contributed by atoms with E-state index in [1.807, 2.05) is 12.1 Å². The Morgan fingerprint density at radius 1 is 1.24 bits per heavy atom. The van der Waals surface area contributed by atoms with E-state index in [1.165, 1.54) is 5.56 Å². The van der Waals surface area contributed by atoms with Gasteiger partial charge in [0.2, 0.25) is 0 Å². The lowest BCUT2D eigenvalue weighted by molar-refractivity contribution is 0.403. The molecule has 0 spiro atoms. The van der Waals surface area contributed by atoms with Crippen molar-refractivity contribution in [2.45, 2.75) is 25.9 Å². The zero-order valence-electron chi connectivity index (χ0n) is 9.82. The molecule has 0 fully saturated rings. The second-order valence-corrected chi connectivity index (χ2v) is 4.90. The number of nitrogens with one attached hydrogen (secondary N) is 1. The van der Waals surface area contributed by atoms with Crippen molar-refractivity contribution in [1.82, 2.24) is 5.32 Å². The standard InChI is InChI=1S/C14H16BrNO/c1-2-13(14-4-3-9-17-14)16-10-11-5-7-12(15)8-6-11/h3-9,13,16H,2,10H2,1H3. The average molecular weight is 294 g/mol. The molecule has 1 atom stereocenters. The molecule has 0 saturated heterocycles. The third kappa shape index (κ3) is 3.45. The second kappa shape index (κ2) is 6.03. The van der Waals surface area contributed by atoms with Crippen LogP contribution >= 0.6 is 15.9 Å². The number of hydrogen-bond donors (Lipinski definition) is 1. The molecule has 90 valence electrons. The largest absolute Gasteiger partial charge is 0.468 e. The van der Waals surface area contributed by atoms with Crippen molar-refractivity contribution < 1.29 is 4.42 Å². The number of rotatable bonds is 5. The molecular formula is C14H16BrNO. The Balaban J connectivity index is 1.94. The summed E-state index contributed by atoms with van der Waals surface area (Å²) in [5.41, 5.74) is 1.28. The van der Waals surface area contributed by atoms with E-state index in [0.717, 1.165) is 23.2 Å². The fraction of sp³-hybridized carbons (Fsp3) is 0.286. The van der Waals surface area contributed by atoms with E-state index in [9.17, 15) is 0 Å². The molecule has 1 heterocycles. The van der Waals surface area contributed by atoms with Gasteiger partial charge in [0, 0.05) is 11.0 Å². The fourth-order valence-corrected chi connectivity index (χ4v) is 2.04. The molecule has 0 aliphatic heterocycles. The molecule has 1 unspecified atom stereocenters. The molecule has 0 bridgehead atoms. The molecule has 2 rings (SSSR count). The number of halogens is 1. The van der Waals surface area contributed by atoms with Crippen molar-refractivity contribution in [3.8, 4) is 0 Å². The lowest BCUT2D eigenvalue weighted by atomic mass is 10.1. The van der Waals surface area contributed by atoms with Crippen LogP contribution in [0.15, 0.2) is 51.6 Å². The fourth-order valence-electron chi connectivity index (χ4n) is 1.78. The zero-order chi connectivity index (χ0) is 12.1. The van der Waals surface area contributed by atoms with Gasteiger partial charge in [-0.15, -0.1) is 0 Å². The van der Waals surface area contributed by atoms with Crippen molar-refractivity contribution in [2.24, 2.45) is 0 Å². The Hall–Kier alpha value is -1.06. The maximum absolute atomic E-state index is 5.42. The van der Waals surface area contributed by atoms with Crippen molar-refractivity contribution in [3.63, 3.8) is 0 Å². The van der Waals surface area contributed by atoms with Crippen LogP contribution in [-0.2, 0) is 6.54 Å². The predicted molar refractivity (Wildman–Crippen MR) is 72.7 cm³/mol. The van der Waals surface area contributed by atoms with E-state index in [1.54, 1.807) is 6.26 Å². The molecule has 0 radical (unpaired) electrons. The van der Waals surface area contributed by atoms with Gasteiger partial charge < -0.3 is 9.73 Å². The van der Waals surface area contributed by atoms with E-state index in [-0.39, 0.29) is 6.04 Å². The van der Waals surface area contributed by atoms with Gasteiger partial charge in [-0.05, 0) is 36.2 Å². The molecule has 17 heavy (non-hydrogen) atoms. The Morgan fingerprint density at radius 3 is 2.59 bits per heavy atom. The lowest BCUT2D eigenvalue weighted by Gasteiger charge is -2.14. The number of benzene rings is 1. The highest BCUT2D eigenvalue weighted by molar-refractivity contribution is 9.10. The molecule has 0 amide bonds. The minimum atomic E-state index is 0.286. The molecular weight excluding hydrogens is 278 g/mol. The van der Waals surface area contributed by atoms with Crippen LogP contribution in [0.5, 0.6) is 0 Å². The Labute approximate surface area is 110 Å². The van der Waals surface area contributed by atoms with Gasteiger partial charge in [-0.3, -0.25) is 0 Å². The quantitative estimate of drug-likeness (QED) is 0.890. The molecule has 0 aliphatic carbocycles. The summed E-state index contributed by atoms with van der Waals surface area (Å²) in [4.78, 5) is 0. The normalized spacial score (nSPS) is 12.6. The van der Waals surface area contributed by atoms with Crippen LogP contribution in [0.3, 0.4) is 0 Å². The molecule has 0 aliphatic rings. The second-order valence-electron chi connectivity index (χ2n) is 3.98. The maximum atomic E-state index is 5.42. The first-order valence-electron chi connectivity index (χ1n) is 5.81. The summed E-state index contributed by atoms with van der Waals surface area (Å²) in [6, 6.07) is 12.6. The third-order valence-electron chi connectivity index (χ3n) is 2.76. The van der Waals surface area contributed by atoms with Crippen LogP contribution in [0.1, 0.15) is 30.7 Å². The summed E-state index contributed by atoms with van der Waals surface area (Å²) in [6.45, 7) is 3.01. The average Bonchev–Trinajstić information content (AvgIpc) is 2.86. The van der Waals surface area contributed by atoms with E-state index in [2.05, 4.69) is 52.4 Å². The molecule has 3 heteroatoms. The van der Waals surface area contributed by atoms with Crippen molar-refractivity contribution in [1.29, 1.82) is 0 Å². The summed E-state index contributed by atoms with van der Waals surface area (Å²) in [5.74, 6) is 1.00. The number of furan rings is 1. The predicted octanol–water partition coefficient (Wildman–Crippen LogP) is 4.28. The van der Waals surface area contributed by atoms with Gasteiger partial charge in [0.05, 0.1) is 12.3 Å². The first-order chi connectivity index (χ1) is 8.29. The highest BCUT2D eigenvalue weighted by atomic mass is 79.9.